The van der Waals surface area contributed by atoms with Crippen LogP contribution in [0.1, 0.15) is 36.4 Å². The monoisotopic (exact) mass is 287 g/mol. The van der Waals surface area contributed by atoms with Gasteiger partial charge in [-0.25, -0.2) is 4.98 Å². The summed E-state index contributed by atoms with van der Waals surface area (Å²) in [5, 5.41) is 3.43. The number of aromatic nitrogens is 1. The van der Waals surface area contributed by atoms with E-state index in [9.17, 15) is 0 Å². The number of anilines is 1. The molecule has 2 heterocycles. The van der Waals surface area contributed by atoms with Crippen LogP contribution in [0.3, 0.4) is 0 Å². The Bertz CT molecular complexity index is 589. The number of pyridine rings is 1. The van der Waals surface area contributed by atoms with Crippen LogP contribution < -0.4 is 10.2 Å². The summed E-state index contributed by atoms with van der Waals surface area (Å²) in [5.74, 6) is 1.96. The fourth-order valence-electron chi connectivity index (χ4n) is 2.20. The van der Waals surface area contributed by atoms with Crippen LogP contribution in [0, 0.1) is 13.8 Å². The lowest BCUT2D eigenvalue weighted by Crippen LogP contribution is -2.23. The third kappa shape index (κ3) is 4.08. The van der Waals surface area contributed by atoms with Gasteiger partial charge >= 0.3 is 0 Å². The molecule has 2 aromatic rings. The van der Waals surface area contributed by atoms with Crippen molar-refractivity contribution >= 4 is 5.82 Å². The van der Waals surface area contributed by atoms with Gasteiger partial charge in [0.1, 0.15) is 11.6 Å². The molecule has 0 fully saturated rings. The van der Waals surface area contributed by atoms with Gasteiger partial charge in [-0.1, -0.05) is 19.9 Å². The molecule has 4 nitrogen and oxygen atoms in total. The van der Waals surface area contributed by atoms with E-state index in [4.69, 9.17) is 9.40 Å². The Kier molecular flexibility index (Phi) is 5.02. The van der Waals surface area contributed by atoms with Crippen molar-refractivity contribution < 1.29 is 4.42 Å². The second kappa shape index (κ2) is 6.76. The molecule has 4 heteroatoms. The molecule has 0 bridgehead atoms. The number of rotatable bonds is 6. The number of nitrogens with one attached hydrogen (secondary N) is 1. The Balaban J connectivity index is 2.06. The van der Waals surface area contributed by atoms with E-state index in [1.165, 1.54) is 11.1 Å². The Hall–Kier alpha value is -1.81. The molecular formula is C17H25N3O. The summed E-state index contributed by atoms with van der Waals surface area (Å²) in [6, 6.07) is 6.74. The van der Waals surface area contributed by atoms with Crippen LogP contribution >= 0.6 is 0 Å². The van der Waals surface area contributed by atoms with Gasteiger partial charge in [0, 0.05) is 37.4 Å². The molecule has 0 spiro atoms. The van der Waals surface area contributed by atoms with Gasteiger partial charge in [-0.3, -0.25) is 0 Å². The fourth-order valence-corrected chi connectivity index (χ4v) is 2.20. The van der Waals surface area contributed by atoms with E-state index in [1.54, 1.807) is 6.26 Å². The van der Waals surface area contributed by atoms with E-state index in [0.29, 0.717) is 6.04 Å². The van der Waals surface area contributed by atoms with E-state index < -0.39 is 0 Å². The number of aryl methyl sites for hydroxylation is 2. The summed E-state index contributed by atoms with van der Waals surface area (Å²) in [6.07, 6.45) is 1.73. The molecule has 1 N–H and O–H groups in total. The Labute approximate surface area is 127 Å². The minimum Gasteiger partial charge on any atom is -0.469 e. The molecule has 0 aromatic carbocycles. The standard InChI is InChI=1S/C17H25N3O/c1-12(2)18-10-15-6-7-17(19-13(15)3)20(5)11-16-8-9-21-14(16)4/h6-9,12,18H,10-11H2,1-5H3. The third-order valence-electron chi connectivity index (χ3n) is 3.65. The van der Waals surface area contributed by atoms with Gasteiger partial charge in [-0.05, 0) is 31.5 Å². The fraction of sp³-hybridized carbons (Fsp3) is 0.471. The van der Waals surface area contributed by atoms with Gasteiger partial charge in [-0.2, -0.15) is 0 Å². The third-order valence-corrected chi connectivity index (χ3v) is 3.65. The van der Waals surface area contributed by atoms with E-state index in [2.05, 4.69) is 50.2 Å². The number of hydrogen-bond acceptors (Lipinski definition) is 4. The molecule has 0 aliphatic heterocycles. The minimum absolute atomic E-state index is 0.482. The van der Waals surface area contributed by atoms with Crippen LogP contribution in [0.15, 0.2) is 28.9 Å². The highest BCUT2D eigenvalue weighted by Gasteiger charge is 2.09. The maximum Gasteiger partial charge on any atom is 0.128 e. The van der Waals surface area contributed by atoms with Crippen molar-refractivity contribution in [3.05, 3.63) is 47.0 Å². The summed E-state index contributed by atoms with van der Waals surface area (Å²) < 4.78 is 5.34. The lowest BCUT2D eigenvalue weighted by atomic mass is 10.2. The first kappa shape index (κ1) is 15.6. The summed E-state index contributed by atoms with van der Waals surface area (Å²) in [7, 11) is 2.06. The first-order valence-corrected chi connectivity index (χ1v) is 7.41. The van der Waals surface area contributed by atoms with Crippen molar-refractivity contribution in [3.63, 3.8) is 0 Å². The molecule has 114 valence electrons. The summed E-state index contributed by atoms with van der Waals surface area (Å²) in [5.41, 5.74) is 3.53. The van der Waals surface area contributed by atoms with Gasteiger partial charge in [0.05, 0.1) is 6.26 Å². The summed E-state index contributed by atoms with van der Waals surface area (Å²) in [6.45, 7) is 10.0. The second-order valence-electron chi connectivity index (χ2n) is 5.81. The number of hydrogen-bond donors (Lipinski definition) is 1. The largest absolute Gasteiger partial charge is 0.469 e. The molecule has 0 radical (unpaired) electrons. The van der Waals surface area contributed by atoms with E-state index in [0.717, 1.165) is 30.4 Å². The smallest absolute Gasteiger partial charge is 0.128 e. The highest BCUT2D eigenvalue weighted by Crippen LogP contribution is 2.18. The van der Waals surface area contributed by atoms with Crippen molar-refractivity contribution in [1.29, 1.82) is 0 Å². The van der Waals surface area contributed by atoms with Crippen molar-refractivity contribution in [2.45, 2.75) is 46.8 Å². The lowest BCUT2D eigenvalue weighted by Gasteiger charge is -2.19. The zero-order valence-electron chi connectivity index (χ0n) is 13.6. The van der Waals surface area contributed by atoms with Crippen molar-refractivity contribution in [2.75, 3.05) is 11.9 Å². The predicted molar refractivity (Wildman–Crippen MR) is 86.5 cm³/mol. The second-order valence-corrected chi connectivity index (χ2v) is 5.81. The van der Waals surface area contributed by atoms with Crippen LogP contribution in [0.5, 0.6) is 0 Å². The van der Waals surface area contributed by atoms with Gasteiger partial charge in [0.25, 0.3) is 0 Å². The average molecular weight is 287 g/mol. The predicted octanol–water partition coefficient (Wildman–Crippen LogP) is 3.43. The molecule has 21 heavy (non-hydrogen) atoms. The SMILES string of the molecule is Cc1nc(N(C)Cc2ccoc2C)ccc1CNC(C)C. The van der Waals surface area contributed by atoms with Crippen LogP contribution in [-0.2, 0) is 13.1 Å². The van der Waals surface area contributed by atoms with Crippen LogP contribution in [0.25, 0.3) is 0 Å². The Morgan fingerprint density at radius 1 is 1.19 bits per heavy atom. The molecule has 2 aromatic heterocycles. The molecule has 0 atom stereocenters. The first-order chi connectivity index (χ1) is 9.97. The highest BCUT2D eigenvalue weighted by atomic mass is 16.3. The van der Waals surface area contributed by atoms with Crippen molar-refractivity contribution in [3.8, 4) is 0 Å². The Morgan fingerprint density at radius 3 is 2.52 bits per heavy atom. The molecule has 0 saturated heterocycles. The quantitative estimate of drug-likeness (QED) is 0.884. The lowest BCUT2D eigenvalue weighted by molar-refractivity contribution is 0.529. The maximum atomic E-state index is 5.34. The van der Waals surface area contributed by atoms with E-state index in [-0.39, 0.29) is 0 Å². The van der Waals surface area contributed by atoms with Crippen molar-refractivity contribution in [1.82, 2.24) is 10.3 Å². The molecule has 0 saturated carbocycles. The molecule has 0 aliphatic carbocycles. The Morgan fingerprint density at radius 2 is 1.95 bits per heavy atom. The summed E-state index contributed by atoms with van der Waals surface area (Å²) in [4.78, 5) is 6.86. The zero-order chi connectivity index (χ0) is 15.4. The first-order valence-electron chi connectivity index (χ1n) is 7.41. The number of nitrogens with zero attached hydrogens (tertiary/aromatic N) is 2. The zero-order valence-corrected chi connectivity index (χ0v) is 13.6. The normalized spacial score (nSPS) is 11.1. The van der Waals surface area contributed by atoms with Gasteiger partial charge < -0.3 is 14.6 Å². The molecule has 2 rings (SSSR count). The average Bonchev–Trinajstić information content (AvgIpc) is 2.82. The van der Waals surface area contributed by atoms with Crippen LogP contribution in [0.2, 0.25) is 0 Å². The van der Waals surface area contributed by atoms with Gasteiger partial charge in [-0.15, -0.1) is 0 Å². The molecular weight excluding hydrogens is 262 g/mol. The van der Waals surface area contributed by atoms with Gasteiger partial charge in [0.15, 0.2) is 0 Å². The highest BCUT2D eigenvalue weighted by molar-refractivity contribution is 5.42. The molecule has 0 unspecified atom stereocenters. The van der Waals surface area contributed by atoms with E-state index >= 15 is 0 Å². The van der Waals surface area contributed by atoms with Gasteiger partial charge in [0.2, 0.25) is 0 Å². The van der Waals surface area contributed by atoms with Crippen molar-refractivity contribution in [2.24, 2.45) is 0 Å². The van der Waals surface area contributed by atoms with Crippen LogP contribution in [0.4, 0.5) is 5.82 Å². The molecule has 0 aliphatic rings. The molecule has 0 amide bonds. The number of furan rings is 1. The maximum absolute atomic E-state index is 5.34. The minimum atomic E-state index is 0.482. The van der Waals surface area contributed by atoms with Crippen LogP contribution in [-0.4, -0.2) is 18.1 Å². The summed E-state index contributed by atoms with van der Waals surface area (Å²) >= 11 is 0. The topological polar surface area (TPSA) is 41.3 Å². The van der Waals surface area contributed by atoms with E-state index in [1.807, 2.05) is 13.0 Å².